The normalized spacial score (nSPS) is 11.2. The fourth-order valence-electron chi connectivity index (χ4n) is 1.27. The van der Waals surface area contributed by atoms with Gasteiger partial charge in [-0.2, -0.15) is 0 Å². The van der Waals surface area contributed by atoms with Gasteiger partial charge in [0.1, 0.15) is 17.9 Å². The summed E-state index contributed by atoms with van der Waals surface area (Å²) in [6.45, 7) is 0. The molecule has 0 atom stereocenters. The summed E-state index contributed by atoms with van der Waals surface area (Å²) in [6.07, 6.45) is -1.33. The van der Waals surface area contributed by atoms with Crippen LogP contribution in [0.15, 0.2) is 18.2 Å². The Labute approximate surface area is 90.1 Å². The first-order valence-corrected chi connectivity index (χ1v) is 4.34. The number of carbonyl (C=O) groups is 1. The van der Waals surface area contributed by atoms with Crippen LogP contribution >= 0.6 is 0 Å². The van der Waals surface area contributed by atoms with Gasteiger partial charge in [-0.15, -0.1) is 0 Å². The van der Waals surface area contributed by atoms with Crippen molar-refractivity contribution < 1.29 is 28.5 Å². The zero-order valence-electron chi connectivity index (χ0n) is 8.41. The fraction of sp³-hybridized carbons (Fsp3) is 0.300. The highest BCUT2D eigenvalue weighted by atomic mass is 19.3. The van der Waals surface area contributed by atoms with Gasteiger partial charge in [-0.05, 0) is 12.1 Å². The molecule has 0 spiro atoms. The van der Waals surface area contributed by atoms with Crippen LogP contribution in [0.4, 0.5) is 8.78 Å². The molecular weight excluding hydrogens is 222 g/mol. The first kappa shape index (κ1) is 12.2. The number of alkyl halides is 2. The van der Waals surface area contributed by atoms with Gasteiger partial charge >= 0.3 is 5.97 Å². The third-order valence-corrected chi connectivity index (χ3v) is 1.95. The number of ether oxygens (including phenoxy) is 1. The Balaban J connectivity index is 3.15. The van der Waals surface area contributed by atoms with Crippen molar-refractivity contribution in [3.63, 3.8) is 0 Å². The summed E-state index contributed by atoms with van der Waals surface area (Å²) in [5.74, 6) is -5.62. The average Bonchev–Trinajstić information content (AvgIpc) is 2.15. The molecule has 1 rings (SSSR count). The van der Waals surface area contributed by atoms with Crippen LogP contribution in [0.3, 0.4) is 0 Å². The second kappa shape index (κ2) is 4.34. The topological polar surface area (TPSA) is 66.8 Å². The van der Waals surface area contributed by atoms with E-state index < -0.39 is 23.9 Å². The van der Waals surface area contributed by atoms with Gasteiger partial charge in [0, 0.05) is 6.07 Å². The van der Waals surface area contributed by atoms with Gasteiger partial charge < -0.3 is 14.9 Å². The Morgan fingerprint density at radius 2 is 2.12 bits per heavy atom. The molecule has 0 fully saturated rings. The third kappa shape index (κ3) is 2.59. The molecule has 6 heteroatoms. The van der Waals surface area contributed by atoms with Crippen LogP contribution in [0.5, 0.6) is 11.5 Å². The number of hydrogen-bond acceptors (Lipinski definition) is 3. The maximum Gasteiger partial charge on any atom is 0.309 e. The highest BCUT2D eigenvalue weighted by Gasteiger charge is 2.37. The molecule has 1 aromatic rings. The van der Waals surface area contributed by atoms with Crippen molar-refractivity contribution in [3.8, 4) is 11.5 Å². The molecule has 0 radical (unpaired) electrons. The second-order valence-corrected chi connectivity index (χ2v) is 3.16. The Bertz CT molecular complexity index is 404. The highest BCUT2D eigenvalue weighted by molar-refractivity contribution is 5.68. The summed E-state index contributed by atoms with van der Waals surface area (Å²) in [5.41, 5.74) is -0.560. The van der Waals surface area contributed by atoms with Crippen molar-refractivity contribution in [1.29, 1.82) is 0 Å². The summed E-state index contributed by atoms with van der Waals surface area (Å²) in [7, 11) is 1.16. The van der Waals surface area contributed by atoms with Gasteiger partial charge in [-0.3, -0.25) is 4.79 Å². The van der Waals surface area contributed by atoms with Gasteiger partial charge in [0.25, 0.3) is 5.92 Å². The zero-order valence-corrected chi connectivity index (χ0v) is 8.41. The number of hydrogen-bond donors (Lipinski definition) is 2. The Morgan fingerprint density at radius 1 is 1.50 bits per heavy atom. The molecule has 0 aromatic heterocycles. The van der Waals surface area contributed by atoms with Gasteiger partial charge in [-0.25, -0.2) is 8.78 Å². The van der Waals surface area contributed by atoms with Crippen molar-refractivity contribution >= 4 is 5.97 Å². The summed E-state index contributed by atoms with van der Waals surface area (Å²) < 4.78 is 31.5. The number of halogens is 2. The molecule has 2 N–H and O–H groups in total. The Kier molecular flexibility index (Phi) is 3.31. The van der Waals surface area contributed by atoms with Crippen molar-refractivity contribution in [3.05, 3.63) is 23.8 Å². The molecular formula is C10H10F2O4. The lowest BCUT2D eigenvalue weighted by Gasteiger charge is -2.17. The SMILES string of the molecule is COc1cc(O)ccc1C(F)(F)CC(=O)O. The zero-order chi connectivity index (χ0) is 12.3. The van der Waals surface area contributed by atoms with Gasteiger partial charge in [0.15, 0.2) is 0 Å². The summed E-state index contributed by atoms with van der Waals surface area (Å²) in [6, 6.07) is 3.00. The van der Waals surface area contributed by atoms with Gasteiger partial charge in [0.2, 0.25) is 0 Å². The number of phenols is 1. The molecule has 4 nitrogen and oxygen atoms in total. The van der Waals surface area contributed by atoms with Crippen molar-refractivity contribution in [1.82, 2.24) is 0 Å². The van der Waals surface area contributed by atoms with Crippen LogP contribution in [-0.4, -0.2) is 23.3 Å². The quantitative estimate of drug-likeness (QED) is 0.832. The standard InChI is InChI=1S/C10H10F2O4/c1-16-8-4-6(13)2-3-7(8)10(11,12)5-9(14)15/h2-4,13H,5H2,1H3,(H,14,15). The number of phenolic OH excluding ortho intramolecular Hbond substituents is 1. The molecule has 88 valence electrons. The van der Waals surface area contributed by atoms with Gasteiger partial charge in [0.05, 0.1) is 12.7 Å². The predicted molar refractivity (Wildman–Crippen MR) is 50.8 cm³/mol. The van der Waals surface area contributed by atoms with Crippen molar-refractivity contribution in [2.75, 3.05) is 7.11 Å². The molecule has 0 aliphatic carbocycles. The third-order valence-electron chi connectivity index (χ3n) is 1.95. The Hall–Kier alpha value is -1.85. The first-order chi connectivity index (χ1) is 7.36. The summed E-state index contributed by atoms with van der Waals surface area (Å²) >= 11 is 0. The van der Waals surface area contributed by atoms with Crippen LogP contribution in [0.1, 0.15) is 12.0 Å². The lowest BCUT2D eigenvalue weighted by molar-refractivity contribution is -0.145. The lowest BCUT2D eigenvalue weighted by Crippen LogP contribution is -2.19. The fourth-order valence-corrected chi connectivity index (χ4v) is 1.27. The minimum Gasteiger partial charge on any atom is -0.508 e. The van der Waals surface area contributed by atoms with E-state index in [9.17, 15) is 13.6 Å². The second-order valence-electron chi connectivity index (χ2n) is 3.16. The van der Waals surface area contributed by atoms with E-state index >= 15 is 0 Å². The van der Waals surface area contributed by atoms with E-state index in [2.05, 4.69) is 4.74 Å². The van der Waals surface area contributed by atoms with Crippen molar-refractivity contribution in [2.24, 2.45) is 0 Å². The van der Waals surface area contributed by atoms with Crippen LogP contribution in [0.2, 0.25) is 0 Å². The molecule has 0 aliphatic rings. The lowest BCUT2D eigenvalue weighted by atomic mass is 10.0. The molecule has 0 saturated heterocycles. The number of methoxy groups -OCH3 is 1. The predicted octanol–water partition coefficient (Wildman–Crippen LogP) is 1.97. The monoisotopic (exact) mass is 232 g/mol. The molecule has 0 saturated carbocycles. The minimum atomic E-state index is -3.54. The van der Waals surface area contributed by atoms with Crippen molar-refractivity contribution in [2.45, 2.75) is 12.3 Å². The summed E-state index contributed by atoms with van der Waals surface area (Å²) in [5, 5.41) is 17.4. The molecule has 1 aromatic carbocycles. The number of rotatable bonds is 4. The van der Waals surface area contributed by atoms with E-state index in [0.717, 1.165) is 25.3 Å². The van der Waals surface area contributed by atoms with Crippen LogP contribution < -0.4 is 4.74 Å². The molecule has 0 unspecified atom stereocenters. The van der Waals surface area contributed by atoms with Crippen LogP contribution in [0.25, 0.3) is 0 Å². The molecule has 0 aliphatic heterocycles. The van der Waals surface area contributed by atoms with Crippen LogP contribution in [0, 0.1) is 0 Å². The number of aliphatic carboxylic acids is 1. The molecule has 16 heavy (non-hydrogen) atoms. The minimum absolute atomic E-state index is 0.230. The maximum absolute atomic E-state index is 13.4. The smallest absolute Gasteiger partial charge is 0.309 e. The van der Waals surface area contributed by atoms with E-state index in [1.165, 1.54) is 0 Å². The number of benzene rings is 1. The number of carboxylic acids is 1. The average molecular weight is 232 g/mol. The first-order valence-electron chi connectivity index (χ1n) is 4.34. The Morgan fingerprint density at radius 3 is 2.62 bits per heavy atom. The van der Waals surface area contributed by atoms with E-state index in [1.807, 2.05) is 0 Å². The maximum atomic E-state index is 13.4. The van der Waals surface area contributed by atoms with E-state index in [0.29, 0.717) is 0 Å². The van der Waals surface area contributed by atoms with E-state index in [-0.39, 0.29) is 11.5 Å². The highest BCUT2D eigenvalue weighted by Crippen LogP contribution is 2.39. The van der Waals surface area contributed by atoms with Gasteiger partial charge in [-0.1, -0.05) is 0 Å². The molecule has 0 bridgehead atoms. The van der Waals surface area contributed by atoms with Crippen LogP contribution in [-0.2, 0) is 10.7 Å². The largest absolute Gasteiger partial charge is 0.508 e. The summed E-state index contributed by atoms with van der Waals surface area (Å²) in [4.78, 5) is 10.3. The molecule has 0 amide bonds. The van der Waals surface area contributed by atoms with E-state index in [1.54, 1.807) is 0 Å². The number of aromatic hydroxyl groups is 1. The molecule has 0 heterocycles. The number of carboxylic acid groups (broad SMARTS) is 1. The van der Waals surface area contributed by atoms with E-state index in [4.69, 9.17) is 10.2 Å².